The van der Waals surface area contributed by atoms with E-state index in [0.717, 1.165) is 31.5 Å². The number of halogens is 2. The van der Waals surface area contributed by atoms with Crippen molar-refractivity contribution in [3.05, 3.63) is 34.9 Å². The highest BCUT2D eigenvalue weighted by Crippen LogP contribution is 2.19. The average molecular weight is 360 g/mol. The molecule has 5 nitrogen and oxygen atoms in total. The summed E-state index contributed by atoms with van der Waals surface area (Å²) in [4.78, 5) is 23.6. The van der Waals surface area contributed by atoms with E-state index >= 15 is 0 Å². The Balaban J connectivity index is 0.00000264. The predicted molar refractivity (Wildman–Crippen MR) is 93.9 cm³/mol. The Labute approximate surface area is 148 Å². The molecule has 0 spiro atoms. The number of rotatable bonds is 5. The molecule has 23 heavy (non-hydrogen) atoms. The van der Waals surface area contributed by atoms with Crippen molar-refractivity contribution in [3.8, 4) is 0 Å². The lowest BCUT2D eigenvalue weighted by Gasteiger charge is -2.25. The van der Waals surface area contributed by atoms with Crippen molar-refractivity contribution in [3.63, 3.8) is 0 Å². The van der Waals surface area contributed by atoms with Crippen LogP contribution in [0.4, 0.5) is 0 Å². The molecule has 2 rings (SSSR count). The van der Waals surface area contributed by atoms with Gasteiger partial charge in [0.05, 0.1) is 12.5 Å². The van der Waals surface area contributed by atoms with E-state index in [1.165, 1.54) is 6.92 Å². The van der Waals surface area contributed by atoms with Gasteiger partial charge in [0.2, 0.25) is 11.8 Å². The first kappa shape index (κ1) is 19.7. The number of carbonyl (C=O) groups excluding carboxylic acids is 2. The Morgan fingerprint density at radius 3 is 2.43 bits per heavy atom. The number of piperidine rings is 1. The van der Waals surface area contributed by atoms with Crippen molar-refractivity contribution >= 4 is 35.8 Å². The smallest absolute Gasteiger partial charge is 0.222 e. The number of benzene rings is 1. The first-order chi connectivity index (χ1) is 10.5. The van der Waals surface area contributed by atoms with Gasteiger partial charge in [0.25, 0.3) is 0 Å². The zero-order valence-corrected chi connectivity index (χ0v) is 14.7. The number of amides is 2. The summed E-state index contributed by atoms with van der Waals surface area (Å²) in [6, 6.07) is 7.07. The third kappa shape index (κ3) is 6.77. The van der Waals surface area contributed by atoms with Crippen LogP contribution in [0.25, 0.3) is 0 Å². The van der Waals surface area contributed by atoms with Crippen molar-refractivity contribution in [1.29, 1.82) is 0 Å². The van der Waals surface area contributed by atoms with Gasteiger partial charge in [-0.3, -0.25) is 9.59 Å². The Morgan fingerprint density at radius 1 is 1.26 bits per heavy atom. The summed E-state index contributed by atoms with van der Waals surface area (Å²) < 4.78 is 0. The number of hydrogen-bond donors (Lipinski definition) is 3. The molecule has 1 unspecified atom stereocenters. The second kappa shape index (κ2) is 9.75. The Kier molecular flexibility index (Phi) is 8.37. The van der Waals surface area contributed by atoms with E-state index < -0.39 is 0 Å². The first-order valence-electron chi connectivity index (χ1n) is 7.57. The quantitative estimate of drug-likeness (QED) is 0.754. The molecule has 1 atom stereocenters. The van der Waals surface area contributed by atoms with Crippen LogP contribution in [-0.2, 0) is 9.59 Å². The molecule has 0 aliphatic carbocycles. The van der Waals surface area contributed by atoms with Crippen LogP contribution in [0, 0.1) is 0 Å². The Morgan fingerprint density at radius 2 is 1.87 bits per heavy atom. The van der Waals surface area contributed by atoms with E-state index in [1.54, 1.807) is 12.1 Å². The number of nitrogens with one attached hydrogen (secondary N) is 3. The van der Waals surface area contributed by atoms with Gasteiger partial charge in [0.1, 0.15) is 0 Å². The van der Waals surface area contributed by atoms with Crippen LogP contribution in [0.3, 0.4) is 0 Å². The van der Waals surface area contributed by atoms with Crippen LogP contribution in [0.15, 0.2) is 24.3 Å². The molecule has 7 heteroatoms. The summed E-state index contributed by atoms with van der Waals surface area (Å²) in [5.41, 5.74) is 0.875. The van der Waals surface area contributed by atoms with E-state index in [4.69, 9.17) is 11.6 Å². The molecule has 1 aromatic rings. The third-order valence-electron chi connectivity index (χ3n) is 3.74. The molecule has 2 amide bonds. The molecule has 0 radical (unpaired) electrons. The molecule has 1 fully saturated rings. The SMILES string of the molecule is CC(=O)NC(CC(=O)NC1CCNCC1)c1ccc(Cl)cc1.Cl. The molecule has 3 N–H and O–H groups in total. The van der Waals surface area contributed by atoms with Crippen LogP contribution in [0.1, 0.15) is 37.8 Å². The largest absolute Gasteiger partial charge is 0.353 e. The maximum absolute atomic E-state index is 12.2. The molecular weight excluding hydrogens is 337 g/mol. The average Bonchev–Trinajstić information content (AvgIpc) is 2.48. The van der Waals surface area contributed by atoms with Gasteiger partial charge in [-0.05, 0) is 43.6 Å². The lowest BCUT2D eigenvalue weighted by atomic mass is 10.0. The molecule has 0 aromatic heterocycles. The second-order valence-corrected chi connectivity index (χ2v) is 6.04. The van der Waals surface area contributed by atoms with E-state index in [2.05, 4.69) is 16.0 Å². The van der Waals surface area contributed by atoms with Crippen molar-refractivity contribution < 1.29 is 9.59 Å². The van der Waals surface area contributed by atoms with E-state index in [9.17, 15) is 9.59 Å². The summed E-state index contributed by atoms with van der Waals surface area (Å²) in [7, 11) is 0. The normalized spacial score (nSPS) is 16.1. The van der Waals surface area contributed by atoms with Gasteiger partial charge in [-0.1, -0.05) is 23.7 Å². The standard InChI is InChI=1S/C16H22ClN3O2.ClH/c1-11(21)19-15(12-2-4-13(17)5-3-12)10-16(22)20-14-6-8-18-9-7-14;/h2-5,14-15,18H,6-10H2,1H3,(H,19,21)(H,20,22);1H. The fraction of sp³-hybridized carbons (Fsp3) is 0.500. The van der Waals surface area contributed by atoms with Gasteiger partial charge >= 0.3 is 0 Å². The van der Waals surface area contributed by atoms with Crippen molar-refractivity contribution in [2.75, 3.05) is 13.1 Å². The third-order valence-corrected chi connectivity index (χ3v) is 4.00. The highest BCUT2D eigenvalue weighted by molar-refractivity contribution is 6.30. The highest BCUT2D eigenvalue weighted by atomic mass is 35.5. The summed E-state index contributed by atoms with van der Waals surface area (Å²) in [5, 5.41) is 9.77. The van der Waals surface area contributed by atoms with Gasteiger partial charge in [-0.2, -0.15) is 0 Å². The molecule has 1 aliphatic rings. The summed E-state index contributed by atoms with van der Waals surface area (Å²) in [6.45, 7) is 3.31. The zero-order valence-electron chi connectivity index (χ0n) is 13.1. The predicted octanol–water partition coefficient (Wildman–Crippen LogP) is 2.20. The molecule has 128 valence electrons. The molecule has 1 saturated heterocycles. The fourth-order valence-electron chi connectivity index (χ4n) is 2.63. The summed E-state index contributed by atoms with van der Waals surface area (Å²) >= 11 is 5.88. The van der Waals surface area contributed by atoms with Crippen LogP contribution in [0.2, 0.25) is 5.02 Å². The number of carbonyl (C=O) groups is 2. The Bertz CT molecular complexity index is 517. The zero-order chi connectivity index (χ0) is 15.9. The summed E-state index contributed by atoms with van der Waals surface area (Å²) in [5.74, 6) is -0.199. The van der Waals surface area contributed by atoms with Crippen molar-refractivity contribution in [2.24, 2.45) is 0 Å². The monoisotopic (exact) mass is 359 g/mol. The van der Waals surface area contributed by atoms with E-state index in [1.807, 2.05) is 12.1 Å². The minimum atomic E-state index is -0.337. The van der Waals surface area contributed by atoms with Gasteiger partial charge in [-0.25, -0.2) is 0 Å². The molecule has 0 bridgehead atoms. The van der Waals surface area contributed by atoms with Crippen molar-refractivity contribution in [2.45, 2.75) is 38.3 Å². The van der Waals surface area contributed by atoms with E-state index in [-0.39, 0.29) is 42.7 Å². The van der Waals surface area contributed by atoms with Crippen LogP contribution >= 0.6 is 24.0 Å². The fourth-order valence-corrected chi connectivity index (χ4v) is 2.76. The molecule has 0 saturated carbocycles. The first-order valence-corrected chi connectivity index (χ1v) is 7.95. The minimum Gasteiger partial charge on any atom is -0.353 e. The lowest BCUT2D eigenvalue weighted by molar-refractivity contribution is -0.123. The highest BCUT2D eigenvalue weighted by Gasteiger charge is 2.20. The summed E-state index contributed by atoms with van der Waals surface area (Å²) in [6.07, 6.45) is 2.11. The molecule has 1 heterocycles. The number of hydrogen-bond acceptors (Lipinski definition) is 3. The van der Waals surface area contributed by atoms with Crippen LogP contribution in [0.5, 0.6) is 0 Å². The van der Waals surface area contributed by atoms with Gasteiger partial charge in [0.15, 0.2) is 0 Å². The van der Waals surface area contributed by atoms with Gasteiger partial charge < -0.3 is 16.0 Å². The second-order valence-electron chi connectivity index (χ2n) is 5.60. The van der Waals surface area contributed by atoms with Crippen LogP contribution in [-0.4, -0.2) is 30.9 Å². The molecular formula is C16H23Cl2N3O2. The molecule has 1 aliphatic heterocycles. The maximum atomic E-state index is 12.2. The lowest BCUT2D eigenvalue weighted by Crippen LogP contribution is -2.43. The van der Waals surface area contributed by atoms with Crippen molar-refractivity contribution in [1.82, 2.24) is 16.0 Å². The maximum Gasteiger partial charge on any atom is 0.222 e. The van der Waals surface area contributed by atoms with E-state index in [0.29, 0.717) is 5.02 Å². The van der Waals surface area contributed by atoms with Gasteiger partial charge in [0, 0.05) is 18.0 Å². The van der Waals surface area contributed by atoms with Gasteiger partial charge in [-0.15, -0.1) is 12.4 Å². The minimum absolute atomic E-state index is 0. The molecule has 1 aromatic carbocycles. The topological polar surface area (TPSA) is 70.2 Å². The van der Waals surface area contributed by atoms with Crippen LogP contribution < -0.4 is 16.0 Å². The Hall–Kier alpha value is -1.30.